The molecule has 1 atom stereocenters. The van der Waals surface area contributed by atoms with Gasteiger partial charge in [-0.15, -0.1) is 0 Å². The first-order valence-corrected chi connectivity index (χ1v) is 9.35. The lowest BCUT2D eigenvalue weighted by atomic mass is 10.0. The predicted octanol–water partition coefficient (Wildman–Crippen LogP) is 3.03. The molecule has 0 aliphatic heterocycles. The lowest BCUT2D eigenvalue weighted by Gasteiger charge is -2.11. The van der Waals surface area contributed by atoms with Crippen molar-refractivity contribution in [2.45, 2.75) is 33.1 Å². The number of fused-ring (bicyclic) bond motifs is 1. The Kier molecular flexibility index (Phi) is 6.20. The van der Waals surface area contributed by atoms with Gasteiger partial charge in [-0.25, -0.2) is 14.5 Å². The van der Waals surface area contributed by atoms with Gasteiger partial charge in [-0.05, 0) is 30.9 Å². The molecule has 2 N–H and O–H groups in total. The number of aliphatic hydroxyl groups excluding tert-OH is 1. The Morgan fingerprint density at radius 1 is 1.43 bits per heavy atom. The fraction of sp³-hybridized carbons (Fsp3) is 0.400. The van der Waals surface area contributed by atoms with E-state index >= 15 is 0 Å². The number of carbonyl (C=O) groups excluding carboxylic acids is 1. The fourth-order valence-electron chi connectivity index (χ4n) is 2.93. The monoisotopic (exact) mass is 383 g/mol. The minimum atomic E-state index is -0.0269. The summed E-state index contributed by atoms with van der Waals surface area (Å²) in [4.78, 5) is 21.5. The van der Waals surface area contributed by atoms with Crippen molar-refractivity contribution in [3.63, 3.8) is 0 Å². The highest BCUT2D eigenvalue weighted by Gasteiger charge is 2.18. The molecule has 28 heavy (non-hydrogen) atoms. The largest absolute Gasteiger partial charge is 0.480 e. The van der Waals surface area contributed by atoms with Crippen LogP contribution in [0.25, 0.3) is 5.65 Å². The maximum Gasteiger partial charge on any atom is 0.237 e. The number of nitrogens with one attached hydrogen (secondary N) is 1. The van der Waals surface area contributed by atoms with E-state index in [9.17, 15) is 9.90 Å². The number of hydrogen-bond acceptors (Lipinski definition) is 7. The molecule has 3 aromatic rings. The van der Waals surface area contributed by atoms with Crippen LogP contribution < -0.4 is 10.1 Å². The Balaban J connectivity index is 1.96. The van der Waals surface area contributed by atoms with Crippen LogP contribution in [0.15, 0.2) is 30.6 Å². The topological polar surface area (TPSA) is 102 Å². The highest BCUT2D eigenvalue weighted by Crippen LogP contribution is 2.26. The van der Waals surface area contributed by atoms with E-state index in [4.69, 9.17) is 4.74 Å². The van der Waals surface area contributed by atoms with Crippen LogP contribution in [0.2, 0.25) is 0 Å². The number of aryl methyl sites for hydroxylation is 1. The maximum atomic E-state index is 12.7. The lowest BCUT2D eigenvalue weighted by molar-refractivity contribution is 0.0970. The van der Waals surface area contributed by atoms with E-state index in [2.05, 4.69) is 20.4 Å². The normalized spacial score (nSPS) is 12.1. The van der Waals surface area contributed by atoms with Crippen LogP contribution in [-0.4, -0.2) is 44.2 Å². The van der Waals surface area contributed by atoms with Gasteiger partial charge in [0.05, 0.1) is 18.9 Å². The van der Waals surface area contributed by atoms with Crippen molar-refractivity contribution in [2.75, 3.05) is 19.0 Å². The van der Waals surface area contributed by atoms with Crippen molar-refractivity contribution in [3.8, 4) is 5.88 Å². The van der Waals surface area contributed by atoms with E-state index in [0.717, 1.165) is 12.1 Å². The third kappa shape index (κ3) is 4.12. The van der Waals surface area contributed by atoms with Crippen molar-refractivity contribution < 1.29 is 14.6 Å². The Hall–Kier alpha value is -3.00. The van der Waals surface area contributed by atoms with Gasteiger partial charge in [0.2, 0.25) is 5.88 Å². The van der Waals surface area contributed by atoms with Gasteiger partial charge in [-0.3, -0.25) is 4.79 Å². The Morgan fingerprint density at radius 3 is 2.96 bits per heavy atom. The highest BCUT2D eigenvalue weighted by atomic mass is 16.5. The molecular weight excluding hydrogens is 358 g/mol. The SMILES string of the molecule is CCc1cc(Nc2cccnc2OC)nc2c(C(=O)CC[C@@H](C)CO)cnn12. The number of nitrogens with zero attached hydrogens (tertiary/aromatic N) is 4. The summed E-state index contributed by atoms with van der Waals surface area (Å²) in [6.45, 7) is 4.01. The summed E-state index contributed by atoms with van der Waals surface area (Å²) < 4.78 is 6.98. The van der Waals surface area contributed by atoms with Gasteiger partial charge in [-0.1, -0.05) is 13.8 Å². The molecule has 0 saturated heterocycles. The molecule has 0 amide bonds. The number of pyridine rings is 1. The molecule has 0 radical (unpaired) electrons. The van der Waals surface area contributed by atoms with Crippen molar-refractivity contribution in [1.82, 2.24) is 19.6 Å². The molecule has 0 aliphatic rings. The van der Waals surface area contributed by atoms with E-state index in [1.807, 2.05) is 26.0 Å². The van der Waals surface area contributed by atoms with Gasteiger partial charge >= 0.3 is 0 Å². The smallest absolute Gasteiger partial charge is 0.237 e. The Labute approximate surface area is 163 Å². The molecule has 148 valence electrons. The number of hydrogen-bond donors (Lipinski definition) is 2. The summed E-state index contributed by atoms with van der Waals surface area (Å²) in [5.74, 6) is 1.11. The molecule has 3 rings (SSSR count). The highest BCUT2D eigenvalue weighted by molar-refractivity contribution is 6.01. The molecular formula is C20H25N5O3. The summed E-state index contributed by atoms with van der Waals surface area (Å²) >= 11 is 0. The molecule has 8 heteroatoms. The van der Waals surface area contributed by atoms with Crippen molar-refractivity contribution in [1.29, 1.82) is 0 Å². The van der Waals surface area contributed by atoms with E-state index in [1.165, 1.54) is 0 Å². The second-order valence-corrected chi connectivity index (χ2v) is 6.71. The molecule has 0 saturated carbocycles. The Morgan fingerprint density at radius 2 is 2.25 bits per heavy atom. The van der Waals surface area contributed by atoms with E-state index in [-0.39, 0.29) is 18.3 Å². The van der Waals surface area contributed by atoms with Crippen LogP contribution in [0.5, 0.6) is 5.88 Å². The van der Waals surface area contributed by atoms with Gasteiger partial charge in [0.1, 0.15) is 11.5 Å². The second kappa shape index (κ2) is 8.79. The second-order valence-electron chi connectivity index (χ2n) is 6.71. The van der Waals surface area contributed by atoms with Gasteiger partial charge in [0.15, 0.2) is 11.4 Å². The van der Waals surface area contributed by atoms with Gasteiger partial charge in [0.25, 0.3) is 0 Å². The van der Waals surface area contributed by atoms with Crippen LogP contribution in [0, 0.1) is 5.92 Å². The third-order valence-corrected chi connectivity index (χ3v) is 4.61. The van der Waals surface area contributed by atoms with Crippen molar-refractivity contribution >= 4 is 22.9 Å². The molecule has 0 aliphatic carbocycles. The number of anilines is 2. The number of ketones is 1. The van der Waals surface area contributed by atoms with Gasteiger partial charge in [-0.2, -0.15) is 5.10 Å². The molecule has 3 heterocycles. The zero-order valence-electron chi connectivity index (χ0n) is 16.3. The van der Waals surface area contributed by atoms with Crippen LogP contribution in [0.1, 0.15) is 42.7 Å². The van der Waals surface area contributed by atoms with E-state index in [0.29, 0.717) is 41.4 Å². The minimum Gasteiger partial charge on any atom is -0.480 e. The molecule has 0 aromatic carbocycles. The van der Waals surface area contributed by atoms with E-state index < -0.39 is 0 Å². The van der Waals surface area contributed by atoms with Gasteiger partial charge in [0, 0.05) is 31.0 Å². The quantitative estimate of drug-likeness (QED) is 0.548. The van der Waals surface area contributed by atoms with Crippen LogP contribution in [-0.2, 0) is 6.42 Å². The summed E-state index contributed by atoms with van der Waals surface area (Å²) in [6, 6.07) is 5.55. The molecule has 0 bridgehead atoms. The first-order chi connectivity index (χ1) is 13.6. The average molecular weight is 383 g/mol. The number of aliphatic hydroxyl groups is 1. The fourth-order valence-corrected chi connectivity index (χ4v) is 2.93. The average Bonchev–Trinajstić information content (AvgIpc) is 3.15. The molecule has 0 spiro atoms. The third-order valence-electron chi connectivity index (χ3n) is 4.61. The van der Waals surface area contributed by atoms with Crippen LogP contribution in [0.4, 0.5) is 11.5 Å². The van der Waals surface area contributed by atoms with Gasteiger partial charge < -0.3 is 15.2 Å². The Bertz CT molecular complexity index is 970. The maximum absolute atomic E-state index is 12.7. The zero-order chi connectivity index (χ0) is 20.1. The number of rotatable bonds is 9. The van der Waals surface area contributed by atoms with Crippen LogP contribution >= 0.6 is 0 Å². The predicted molar refractivity (Wildman–Crippen MR) is 106 cm³/mol. The first kappa shape index (κ1) is 19.8. The number of aromatic nitrogens is 4. The molecule has 0 unspecified atom stereocenters. The number of carbonyl (C=O) groups is 1. The summed E-state index contributed by atoms with van der Waals surface area (Å²) in [7, 11) is 1.56. The summed E-state index contributed by atoms with van der Waals surface area (Å²) in [5.41, 5.74) is 2.62. The first-order valence-electron chi connectivity index (χ1n) is 9.35. The summed E-state index contributed by atoms with van der Waals surface area (Å²) in [5, 5.41) is 16.8. The number of methoxy groups -OCH3 is 1. The zero-order valence-corrected chi connectivity index (χ0v) is 16.3. The minimum absolute atomic E-state index is 0.0269. The summed E-state index contributed by atoms with van der Waals surface area (Å²) in [6.07, 6.45) is 4.92. The number of Topliss-reactive ketones (excluding diaryl/α,β-unsaturated/α-hetero) is 1. The van der Waals surface area contributed by atoms with E-state index in [1.54, 1.807) is 30.1 Å². The lowest BCUT2D eigenvalue weighted by Crippen LogP contribution is -2.08. The number of ether oxygens (including phenoxy) is 1. The van der Waals surface area contributed by atoms with Crippen LogP contribution in [0.3, 0.4) is 0 Å². The standard InChI is InChI=1S/C20H25N5O3/c1-4-14-10-18(23-16-6-5-9-21-20(16)28-3)24-19-15(11-22-25(14)19)17(27)8-7-13(2)12-26/h5-6,9-11,13,26H,4,7-8,12H2,1-3H3,(H,23,24)/t13-/m1/s1. The van der Waals surface area contributed by atoms with Crippen molar-refractivity contribution in [2.24, 2.45) is 5.92 Å². The molecule has 0 fully saturated rings. The molecule has 8 nitrogen and oxygen atoms in total. The molecule has 3 aromatic heterocycles. The van der Waals surface area contributed by atoms with Crippen molar-refractivity contribution in [3.05, 3.63) is 41.9 Å².